The van der Waals surface area contributed by atoms with Crippen LogP contribution in [0.3, 0.4) is 0 Å². The van der Waals surface area contributed by atoms with Gasteiger partial charge in [0.15, 0.2) is 6.61 Å². The molecule has 0 bridgehead atoms. The van der Waals surface area contributed by atoms with Gasteiger partial charge in [-0.1, -0.05) is 18.5 Å². The first-order chi connectivity index (χ1) is 13.1. The average molecular weight is 423 g/mol. The normalized spacial score (nSPS) is 11.4. The Morgan fingerprint density at radius 3 is 2.61 bits per heavy atom. The number of esters is 1. The Labute approximate surface area is 161 Å². The predicted octanol–water partition coefficient (Wildman–Crippen LogP) is 3.59. The molecule has 0 radical (unpaired) electrons. The van der Waals surface area contributed by atoms with E-state index in [1.807, 2.05) is 0 Å². The molecule has 0 unspecified atom stereocenters. The van der Waals surface area contributed by atoms with E-state index in [0.29, 0.717) is 17.2 Å². The largest absolute Gasteiger partial charge is 0.480 e. The molecule has 6 nitrogen and oxygen atoms in total. The Kier molecular flexibility index (Phi) is 6.65. The van der Waals surface area contributed by atoms with Gasteiger partial charge in [0, 0.05) is 12.6 Å². The fourth-order valence-electron chi connectivity index (χ4n) is 2.20. The molecule has 0 amide bonds. The molecule has 0 N–H and O–H groups in total. The van der Waals surface area contributed by atoms with E-state index in [0.717, 1.165) is 19.2 Å². The van der Waals surface area contributed by atoms with Crippen LogP contribution in [0.1, 0.15) is 19.0 Å². The zero-order valence-corrected chi connectivity index (χ0v) is 15.5. The summed E-state index contributed by atoms with van der Waals surface area (Å²) in [7, 11) is 0.894. The van der Waals surface area contributed by atoms with E-state index in [2.05, 4.69) is 4.98 Å². The molecule has 0 aliphatic carbocycles. The first-order valence-corrected chi connectivity index (χ1v) is 8.35. The van der Waals surface area contributed by atoms with Crippen molar-refractivity contribution in [2.75, 3.05) is 13.2 Å². The van der Waals surface area contributed by atoms with Crippen molar-refractivity contribution in [1.82, 2.24) is 9.55 Å². The summed E-state index contributed by atoms with van der Waals surface area (Å²) >= 11 is 5.86. The van der Waals surface area contributed by atoms with Crippen LogP contribution in [0.15, 0.2) is 23.1 Å². The van der Waals surface area contributed by atoms with Gasteiger partial charge in [-0.3, -0.25) is 4.79 Å². The van der Waals surface area contributed by atoms with Crippen LogP contribution in [0.2, 0.25) is 5.02 Å². The summed E-state index contributed by atoms with van der Waals surface area (Å²) in [6, 6.07) is 1.80. The molecular formula is C17H15ClF4N2O4. The van der Waals surface area contributed by atoms with Crippen LogP contribution < -0.4 is 10.3 Å². The number of benzene rings is 1. The molecule has 0 saturated carbocycles. The summed E-state index contributed by atoms with van der Waals surface area (Å²) in [5.74, 6) is -1.84. The minimum absolute atomic E-state index is 0.157. The zero-order chi connectivity index (χ0) is 21.1. The van der Waals surface area contributed by atoms with Gasteiger partial charge in [0.2, 0.25) is 0 Å². The molecule has 1 aromatic carbocycles. The number of aromatic nitrogens is 2. The minimum atomic E-state index is -4.80. The Balaban J connectivity index is 2.40. The van der Waals surface area contributed by atoms with Gasteiger partial charge < -0.3 is 14.0 Å². The van der Waals surface area contributed by atoms with E-state index in [1.54, 1.807) is 6.92 Å². The first kappa shape index (κ1) is 21.7. The monoisotopic (exact) mass is 422 g/mol. The maximum absolute atomic E-state index is 14.3. The summed E-state index contributed by atoms with van der Waals surface area (Å²) < 4.78 is 63.2. The highest BCUT2D eigenvalue weighted by atomic mass is 35.5. The van der Waals surface area contributed by atoms with Gasteiger partial charge in [-0.05, 0) is 18.6 Å². The van der Waals surface area contributed by atoms with Gasteiger partial charge >= 0.3 is 12.1 Å². The number of ether oxygens (including phenoxy) is 2. The van der Waals surface area contributed by atoms with Crippen molar-refractivity contribution in [2.45, 2.75) is 19.5 Å². The Morgan fingerprint density at radius 1 is 1.32 bits per heavy atom. The van der Waals surface area contributed by atoms with Gasteiger partial charge in [0.1, 0.15) is 23.0 Å². The third kappa shape index (κ3) is 4.80. The van der Waals surface area contributed by atoms with Gasteiger partial charge in [-0.25, -0.2) is 14.2 Å². The van der Waals surface area contributed by atoms with Crippen LogP contribution in [0.4, 0.5) is 17.6 Å². The fourth-order valence-corrected chi connectivity index (χ4v) is 2.40. The van der Waals surface area contributed by atoms with E-state index in [-0.39, 0.29) is 17.4 Å². The van der Waals surface area contributed by atoms with Gasteiger partial charge in [-0.15, -0.1) is 0 Å². The van der Waals surface area contributed by atoms with Gasteiger partial charge in [0.25, 0.3) is 5.56 Å². The van der Waals surface area contributed by atoms with Gasteiger partial charge in [-0.2, -0.15) is 13.2 Å². The first-order valence-electron chi connectivity index (χ1n) is 7.97. The highest BCUT2D eigenvalue weighted by Gasteiger charge is 2.35. The number of halogens is 5. The molecule has 0 aliphatic rings. The van der Waals surface area contributed by atoms with Crippen LogP contribution in [-0.4, -0.2) is 28.7 Å². The second-order valence-electron chi connectivity index (χ2n) is 5.63. The maximum Gasteiger partial charge on any atom is 0.433 e. The predicted molar refractivity (Wildman–Crippen MR) is 91.6 cm³/mol. The SMILES string of the molecule is CCCOC(=O)COc1cc(-c2ncc(C(F)(F)F)n(C)c2=O)c(F)cc1Cl. The van der Waals surface area contributed by atoms with Crippen LogP contribution in [-0.2, 0) is 22.8 Å². The topological polar surface area (TPSA) is 70.4 Å². The van der Waals surface area contributed by atoms with Crippen molar-refractivity contribution in [3.05, 3.63) is 45.2 Å². The Hall–Kier alpha value is -2.62. The molecule has 28 heavy (non-hydrogen) atoms. The molecule has 2 aromatic rings. The van der Waals surface area contributed by atoms with Crippen molar-refractivity contribution in [3.63, 3.8) is 0 Å². The summed E-state index contributed by atoms with van der Waals surface area (Å²) in [6.45, 7) is 1.47. The standard InChI is InChI=1S/C17H15ClF4N2O4/c1-3-4-27-14(25)8-28-12-5-9(11(19)6-10(12)18)15-16(26)24(2)13(7-23-15)17(20,21)22/h5-7H,3-4,8H2,1-2H3. The molecular weight excluding hydrogens is 408 g/mol. The molecule has 1 aromatic heterocycles. The number of hydrogen-bond acceptors (Lipinski definition) is 5. The Morgan fingerprint density at radius 2 is 2.00 bits per heavy atom. The van der Waals surface area contributed by atoms with Crippen molar-refractivity contribution in [2.24, 2.45) is 7.05 Å². The molecule has 0 spiro atoms. The summed E-state index contributed by atoms with van der Waals surface area (Å²) in [5.41, 5.74) is -3.44. The van der Waals surface area contributed by atoms with Crippen molar-refractivity contribution in [1.29, 1.82) is 0 Å². The molecule has 2 rings (SSSR count). The molecule has 0 atom stereocenters. The number of carbonyl (C=O) groups is 1. The van der Waals surface area contributed by atoms with E-state index in [1.165, 1.54) is 0 Å². The van der Waals surface area contributed by atoms with E-state index in [4.69, 9.17) is 21.1 Å². The van der Waals surface area contributed by atoms with Crippen molar-refractivity contribution >= 4 is 17.6 Å². The molecule has 0 fully saturated rings. The quantitative estimate of drug-likeness (QED) is 0.525. The van der Waals surface area contributed by atoms with E-state index in [9.17, 15) is 27.2 Å². The summed E-state index contributed by atoms with van der Waals surface area (Å²) in [6.07, 6.45) is -3.77. The lowest BCUT2D eigenvalue weighted by Crippen LogP contribution is -2.28. The number of alkyl halides is 3. The zero-order valence-electron chi connectivity index (χ0n) is 14.8. The maximum atomic E-state index is 14.3. The number of nitrogens with zero attached hydrogens (tertiary/aromatic N) is 2. The minimum Gasteiger partial charge on any atom is -0.480 e. The molecule has 0 saturated heterocycles. The van der Waals surface area contributed by atoms with Crippen LogP contribution in [0.5, 0.6) is 5.75 Å². The van der Waals surface area contributed by atoms with Crippen LogP contribution in [0.25, 0.3) is 11.3 Å². The summed E-state index contributed by atoms with van der Waals surface area (Å²) in [5, 5.41) is -0.201. The van der Waals surface area contributed by atoms with Crippen LogP contribution >= 0.6 is 11.6 Å². The average Bonchev–Trinajstić information content (AvgIpc) is 2.61. The van der Waals surface area contributed by atoms with Crippen molar-refractivity contribution in [3.8, 4) is 17.0 Å². The summed E-state index contributed by atoms with van der Waals surface area (Å²) in [4.78, 5) is 27.2. The lowest BCUT2D eigenvalue weighted by molar-refractivity contribution is -0.146. The lowest BCUT2D eigenvalue weighted by atomic mass is 10.1. The molecule has 152 valence electrons. The van der Waals surface area contributed by atoms with Gasteiger partial charge in [0.05, 0.1) is 17.8 Å². The van der Waals surface area contributed by atoms with Crippen LogP contribution in [0, 0.1) is 5.82 Å². The Bertz CT molecular complexity index is 944. The molecule has 11 heteroatoms. The highest BCUT2D eigenvalue weighted by Crippen LogP contribution is 2.33. The lowest BCUT2D eigenvalue weighted by Gasteiger charge is -2.14. The molecule has 1 heterocycles. The number of hydrogen-bond donors (Lipinski definition) is 0. The van der Waals surface area contributed by atoms with E-state index >= 15 is 0 Å². The second kappa shape index (κ2) is 8.59. The fraction of sp³-hybridized carbons (Fsp3) is 0.353. The van der Waals surface area contributed by atoms with E-state index < -0.39 is 47.1 Å². The van der Waals surface area contributed by atoms with Crippen molar-refractivity contribution < 1.29 is 31.8 Å². The smallest absolute Gasteiger partial charge is 0.433 e. The third-order valence-corrected chi connectivity index (χ3v) is 3.86. The molecule has 0 aliphatic heterocycles. The highest BCUT2D eigenvalue weighted by molar-refractivity contribution is 6.32. The third-order valence-electron chi connectivity index (χ3n) is 3.56. The number of rotatable bonds is 6. The number of carbonyl (C=O) groups excluding carboxylic acids is 1. The second-order valence-corrected chi connectivity index (χ2v) is 6.03.